The molecule has 1 radical (unpaired) electrons. The maximum absolute atomic E-state index is 7.28. The van der Waals surface area contributed by atoms with Gasteiger partial charge in [0.25, 0.3) is 0 Å². The molecule has 0 fully saturated rings. The molecule has 0 N–H and O–H groups in total. The first-order valence-electron chi connectivity index (χ1n) is 17.9. The van der Waals surface area contributed by atoms with Gasteiger partial charge in [0.15, 0.2) is 0 Å². The van der Waals surface area contributed by atoms with Gasteiger partial charge in [-0.2, -0.15) is 0 Å². The van der Waals surface area contributed by atoms with Crippen LogP contribution in [0, 0.1) is 32.8 Å². The fourth-order valence-corrected chi connectivity index (χ4v) is 5.24. The van der Waals surface area contributed by atoms with Gasteiger partial charge in [-0.15, -0.1) is 47.0 Å². The summed E-state index contributed by atoms with van der Waals surface area (Å²) in [5.74, 6) is 1.33. The van der Waals surface area contributed by atoms with Gasteiger partial charge in [-0.05, 0) is 53.8 Å². The van der Waals surface area contributed by atoms with E-state index in [4.69, 9.17) is 12.6 Å². The van der Waals surface area contributed by atoms with Crippen LogP contribution in [0.5, 0.6) is 0 Å². The molecular formula is C42H36IrN2O-2. The van der Waals surface area contributed by atoms with Gasteiger partial charge in [0, 0.05) is 46.3 Å². The number of hydrogen-bond donors (Lipinski definition) is 0. The van der Waals surface area contributed by atoms with Gasteiger partial charge in [0.05, 0.1) is 5.58 Å². The molecule has 0 unspecified atom stereocenters. The molecule has 0 saturated heterocycles. The van der Waals surface area contributed by atoms with Crippen LogP contribution in [0.4, 0.5) is 0 Å². The third-order valence-corrected chi connectivity index (χ3v) is 7.65. The summed E-state index contributed by atoms with van der Waals surface area (Å²) < 4.78 is 50.0. The van der Waals surface area contributed by atoms with Crippen molar-refractivity contribution < 1.29 is 32.7 Å². The largest absolute Gasteiger partial charge is 0.476 e. The molecule has 4 heteroatoms. The molecule has 46 heavy (non-hydrogen) atoms. The molecule has 7 rings (SSSR count). The van der Waals surface area contributed by atoms with Crippen LogP contribution in [0.3, 0.4) is 0 Å². The summed E-state index contributed by atoms with van der Waals surface area (Å²) in [7, 11) is 0. The van der Waals surface area contributed by atoms with E-state index in [2.05, 4.69) is 97.5 Å². The first-order chi connectivity index (χ1) is 24.3. The Balaban J connectivity index is 0.000000217. The maximum atomic E-state index is 7.28. The second kappa shape index (κ2) is 14.6. The van der Waals surface area contributed by atoms with Crippen molar-refractivity contribution in [2.75, 3.05) is 0 Å². The Morgan fingerprint density at radius 3 is 2.09 bits per heavy atom. The Hall–Kier alpha value is -4.63. The Morgan fingerprint density at radius 2 is 1.46 bits per heavy atom. The number of fused-ring (bicyclic) bond motifs is 1. The quantitative estimate of drug-likeness (QED) is 0.163. The van der Waals surface area contributed by atoms with Gasteiger partial charge in [0.2, 0.25) is 0 Å². The average molecular weight is 783 g/mol. The molecule has 3 nitrogen and oxygen atoms in total. The molecule has 0 amide bonds. The van der Waals surface area contributed by atoms with Crippen LogP contribution < -0.4 is 0 Å². The first-order valence-corrected chi connectivity index (χ1v) is 14.9. The van der Waals surface area contributed by atoms with Crippen molar-refractivity contribution in [2.45, 2.75) is 40.4 Å². The zero-order valence-electron chi connectivity index (χ0n) is 31.8. The van der Waals surface area contributed by atoms with Gasteiger partial charge < -0.3 is 14.4 Å². The molecule has 0 spiro atoms. The Labute approximate surface area is 294 Å². The van der Waals surface area contributed by atoms with Gasteiger partial charge in [-0.1, -0.05) is 122 Å². The topological polar surface area (TPSA) is 38.9 Å². The molecule has 0 aliphatic rings. The van der Waals surface area contributed by atoms with E-state index >= 15 is 0 Å². The summed E-state index contributed by atoms with van der Waals surface area (Å²) in [5, 5.41) is 1.11. The Bertz CT molecular complexity index is 2190. The molecule has 0 saturated carbocycles. The van der Waals surface area contributed by atoms with E-state index in [1.54, 1.807) is 12.1 Å². The van der Waals surface area contributed by atoms with Crippen LogP contribution in [0.15, 0.2) is 126 Å². The van der Waals surface area contributed by atoms with Crippen LogP contribution in [0.1, 0.15) is 50.2 Å². The van der Waals surface area contributed by atoms with Crippen molar-refractivity contribution >= 4 is 11.0 Å². The SMILES string of the molecule is Cc1c(-c2ccccc2)oc2[c-]c(-c3cc(C(C)C)ccn3)cc(-c3ccccc3)c12.[2H]C([2H])([2H])c1c[c-]c(-c2ccc(C([2H])([2H])[2H])cn2)cc1.[Ir]. The monoisotopic (exact) mass is 783 g/mol. The van der Waals surface area contributed by atoms with Crippen LogP contribution in [-0.2, 0) is 20.1 Å². The molecule has 0 aliphatic carbocycles. The summed E-state index contributed by atoms with van der Waals surface area (Å²) in [5.41, 5.74) is 9.95. The van der Waals surface area contributed by atoms with E-state index in [9.17, 15) is 0 Å². The van der Waals surface area contributed by atoms with Gasteiger partial charge in [0.1, 0.15) is 5.76 Å². The molecule has 3 heterocycles. The van der Waals surface area contributed by atoms with Crippen molar-refractivity contribution in [3.63, 3.8) is 0 Å². The summed E-state index contributed by atoms with van der Waals surface area (Å²) in [4.78, 5) is 8.72. The Morgan fingerprint density at radius 1 is 0.739 bits per heavy atom. The number of hydrogen-bond acceptors (Lipinski definition) is 3. The zero-order chi connectivity index (χ0) is 36.3. The third kappa shape index (κ3) is 7.26. The normalized spacial score (nSPS) is 13.2. The summed E-state index contributed by atoms with van der Waals surface area (Å²) >= 11 is 0. The zero-order valence-corrected chi connectivity index (χ0v) is 28.2. The van der Waals surface area contributed by atoms with E-state index in [1.807, 2.05) is 30.5 Å². The van der Waals surface area contributed by atoms with Crippen molar-refractivity contribution in [3.05, 3.63) is 156 Å². The van der Waals surface area contributed by atoms with Crippen molar-refractivity contribution in [1.82, 2.24) is 9.97 Å². The molecule has 231 valence electrons. The van der Waals surface area contributed by atoms with E-state index in [1.165, 1.54) is 30.0 Å². The van der Waals surface area contributed by atoms with Crippen molar-refractivity contribution in [3.8, 4) is 45.0 Å². The van der Waals surface area contributed by atoms with E-state index in [0.29, 0.717) is 17.2 Å². The van der Waals surface area contributed by atoms with Crippen LogP contribution in [-0.4, -0.2) is 9.97 Å². The molecular weight excluding hydrogens is 741 g/mol. The van der Waals surface area contributed by atoms with Gasteiger partial charge in [-0.25, -0.2) is 0 Å². The molecule has 4 aromatic carbocycles. The number of furan rings is 1. The smallest absolute Gasteiger partial charge is 0.126 e. The number of nitrogens with zero attached hydrogens (tertiary/aromatic N) is 2. The second-order valence-electron chi connectivity index (χ2n) is 11.1. The van der Waals surface area contributed by atoms with Crippen LogP contribution in [0.2, 0.25) is 0 Å². The number of aryl methyl sites for hydroxylation is 3. The van der Waals surface area contributed by atoms with E-state index in [0.717, 1.165) is 50.2 Å². The minimum absolute atomic E-state index is 0. The fourth-order valence-electron chi connectivity index (χ4n) is 5.24. The predicted octanol–water partition coefficient (Wildman–Crippen LogP) is 11.2. The summed E-state index contributed by atoms with van der Waals surface area (Å²) in [6, 6.07) is 41.1. The van der Waals surface area contributed by atoms with Crippen LogP contribution in [0.25, 0.3) is 55.9 Å². The second-order valence-corrected chi connectivity index (χ2v) is 11.1. The standard InChI is InChI=1S/C29H24NO.C13H12N.Ir/c1-19(2)23-14-15-30-26(17-23)24-16-25(21-10-6-4-7-11-21)28-20(3)29(31-27(28)18-24)22-12-8-5-9-13-22;1-10-3-6-12(7-4-10)13-8-5-11(2)9-14-13;/h4-17,19H,1-3H3;3-6,8-9H,1-2H3;/q2*-1;/i;1D3,2D3;. The van der Waals surface area contributed by atoms with Crippen molar-refractivity contribution in [2.24, 2.45) is 0 Å². The van der Waals surface area contributed by atoms with Gasteiger partial charge in [-0.3, -0.25) is 0 Å². The molecule has 0 aliphatic heterocycles. The molecule has 0 bridgehead atoms. The average Bonchev–Trinajstić information content (AvgIpc) is 3.47. The van der Waals surface area contributed by atoms with Crippen LogP contribution >= 0.6 is 0 Å². The minimum Gasteiger partial charge on any atom is -0.476 e. The maximum Gasteiger partial charge on any atom is 0.126 e. The number of rotatable bonds is 5. The molecule has 3 aromatic heterocycles. The van der Waals surface area contributed by atoms with Crippen molar-refractivity contribution in [1.29, 1.82) is 0 Å². The molecule has 7 aromatic rings. The van der Waals surface area contributed by atoms with E-state index < -0.39 is 13.7 Å². The first kappa shape index (κ1) is 25.5. The number of pyridine rings is 2. The number of aromatic nitrogens is 2. The third-order valence-electron chi connectivity index (χ3n) is 7.65. The molecule has 0 atom stereocenters. The van der Waals surface area contributed by atoms with Gasteiger partial charge >= 0.3 is 0 Å². The summed E-state index contributed by atoms with van der Waals surface area (Å²) in [6.45, 7) is 2.19. The predicted molar refractivity (Wildman–Crippen MR) is 186 cm³/mol. The van der Waals surface area contributed by atoms with E-state index in [-0.39, 0.29) is 31.2 Å². The number of benzene rings is 4. The Kier molecular flexibility index (Phi) is 8.13. The summed E-state index contributed by atoms with van der Waals surface area (Å²) in [6.07, 6.45) is 3.18. The fraction of sp³-hybridized carbons (Fsp3) is 0.143. The minimum atomic E-state index is -2.18.